The van der Waals surface area contributed by atoms with Gasteiger partial charge in [0.1, 0.15) is 17.0 Å². The summed E-state index contributed by atoms with van der Waals surface area (Å²) in [7, 11) is 0. The Bertz CT molecular complexity index is 510. The zero-order valence-electron chi connectivity index (χ0n) is 7.20. The summed E-state index contributed by atoms with van der Waals surface area (Å²) in [6, 6.07) is 7.69. The molecule has 0 spiro atoms. The van der Waals surface area contributed by atoms with E-state index in [9.17, 15) is 9.18 Å². The highest BCUT2D eigenvalue weighted by molar-refractivity contribution is 5.93. The van der Waals surface area contributed by atoms with Gasteiger partial charge in [-0.1, -0.05) is 18.2 Å². The van der Waals surface area contributed by atoms with E-state index in [0.29, 0.717) is 5.39 Å². The monoisotopic (exact) mass is 190 g/mol. The molecule has 0 radical (unpaired) electrons. The van der Waals surface area contributed by atoms with Crippen LogP contribution in [-0.2, 0) is 0 Å². The summed E-state index contributed by atoms with van der Waals surface area (Å²) in [6.45, 7) is 0. The molecule has 0 bridgehead atoms. The average molecular weight is 190 g/mol. The van der Waals surface area contributed by atoms with E-state index in [1.165, 1.54) is 12.1 Å². The first-order valence-corrected chi connectivity index (χ1v) is 4.03. The first kappa shape index (κ1) is 8.62. The molecule has 70 valence electrons. The fraction of sp³-hybridized carbons (Fsp3) is 0. The number of hydrogen-bond acceptors (Lipinski definition) is 2. The molecule has 1 heterocycles. The van der Waals surface area contributed by atoms with Gasteiger partial charge in [0.15, 0.2) is 0 Å². The highest BCUT2D eigenvalue weighted by Crippen LogP contribution is 2.15. The van der Waals surface area contributed by atoms with Crippen LogP contribution in [0.2, 0.25) is 0 Å². The quantitative estimate of drug-likeness (QED) is 0.740. The summed E-state index contributed by atoms with van der Waals surface area (Å²) in [5.74, 6) is -1.11. The van der Waals surface area contributed by atoms with E-state index >= 15 is 0 Å². The second-order valence-electron chi connectivity index (χ2n) is 2.87. The Morgan fingerprint density at radius 1 is 1.29 bits per heavy atom. The van der Waals surface area contributed by atoms with E-state index in [1.54, 1.807) is 18.2 Å². The second kappa shape index (κ2) is 3.06. The summed E-state index contributed by atoms with van der Waals surface area (Å²) in [4.78, 5) is 14.6. The number of primary amides is 1. The smallest absolute Gasteiger partial charge is 0.267 e. The van der Waals surface area contributed by atoms with Gasteiger partial charge in [-0.3, -0.25) is 4.79 Å². The fourth-order valence-corrected chi connectivity index (χ4v) is 1.25. The minimum atomic E-state index is -0.657. The lowest BCUT2D eigenvalue weighted by Gasteiger charge is -1.99. The molecular formula is C10H7FN2O. The lowest BCUT2D eigenvalue weighted by atomic mass is 10.2. The van der Waals surface area contributed by atoms with Crippen LogP contribution < -0.4 is 5.73 Å². The van der Waals surface area contributed by atoms with Crippen molar-refractivity contribution in [2.24, 2.45) is 5.73 Å². The van der Waals surface area contributed by atoms with Crippen molar-refractivity contribution in [3.63, 3.8) is 0 Å². The van der Waals surface area contributed by atoms with E-state index in [1.807, 2.05) is 0 Å². The summed E-state index contributed by atoms with van der Waals surface area (Å²) in [6.07, 6.45) is 0. The van der Waals surface area contributed by atoms with E-state index in [-0.39, 0.29) is 11.2 Å². The van der Waals surface area contributed by atoms with Gasteiger partial charge < -0.3 is 5.73 Å². The molecular weight excluding hydrogens is 183 g/mol. The molecule has 1 amide bonds. The van der Waals surface area contributed by atoms with Gasteiger partial charge in [-0.15, -0.1) is 0 Å². The van der Waals surface area contributed by atoms with Gasteiger partial charge in [-0.05, 0) is 12.1 Å². The highest BCUT2D eigenvalue weighted by atomic mass is 19.1. The predicted molar refractivity (Wildman–Crippen MR) is 50.2 cm³/mol. The summed E-state index contributed by atoms with van der Waals surface area (Å²) in [5, 5.41) is 0.648. The van der Waals surface area contributed by atoms with Crippen molar-refractivity contribution in [3.8, 4) is 0 Å². The third-order valence-corrected chi connectivity index (χ3v) is 1.92. The van der Waals surface area contributed by atoms with Crippen LogP contribution in [0.25, 0.3) is 10.9 Å². The molecule has 3 nitrogen and oxygen atoms in total. The number of fused-ring (bicyclic) bond motifs is 1. The van der Waals surface area contributed by atoms with Crippen LogP contribution >= 0.6 is 0 Å². The Hall–Kier alpha value is -1.97. The van der Waals surface area contributed by atoms with Gasteiger partial charge in [0.2, 0.25) is 0 Å². The van der Waals surface area contributed by atoms with Crippen molar-refractivity contribution in [1.29, 1.82) is 0 Å². The van der Waals surface area contributed by atoms with Gasteiger partial charge in [-0.2, -0.15) is 0 Å². The van der Waals surface area contributed by atoms with Gasteiger partial charge in [0.05, 0.1) is 0 Å². The number of amides is 1. The third kappa shape index (κ3) is 1.31. The molecule has 14 heavy (non-hydrogen) atoms. The van der Waals surface area contributed by atoms with Crippen molar-refractivity contribution in [2.45, 2.75) is 0 Å². The number of aromatic nitrogens is 1. The summed E-state index contributed by atoms with van der Waals surface area (Å²) < 4.78 is 13.2. The van der Waals surface area contributed by atoms with Crippen molar-refractivity contribution < 1.29 is 9.18 Å². The number of carbonyl (C=O) groups excluding carboxylic acids is 1. The maximum atomic E-state index is 13.2. The molecule has 4 heteroatoms. The van der Waals surface area contributed by atoms with Crippen molar-refractivity contribution in [2.75, 3.05) is 0 Å². The molecule has 1 aromatic heterocycles. The number of pyridine rings is 1. The number of nitrogens with zero attached hydrogens (tertiary/aromatic N) is 1. The Labute approximate surface area is 79.4 Å². The molecule has 1 aromatic carbocycles. The molecule has 2 aromatic rings. The minimum Gasteiger partial charge on any atom is -0.364 e. The Morgan fingerprint density at radius 2 is 2.07 bits per heavy atom. The standard InChI is InChI=1S/C10H7FN2O/c11-7-3-1-2-6-4-5-8(10(12)14)13-9(6)7/h1-5H,(H2,12,14). The SMILES string of the molecule is NC(=O)c1ccc2cccc(F)c2n1. The number of carbonyl (C=O) groups is 1. The third-order valence-electron chi connectivity index (χ3n) is 1.92. The molecule has 2 rings (SSSR count). The molecule has 0 aliphatic carbocycles. The Balaban J connectivity index is 2.76. The first-order chi connectivity index (χ1) is 6.68. The average Bonchev–Trinajstić information content (AvgIpc) is 2.18. The number of nitrogens with two attached hydrogens (primary N) is 1. The number of benzene rings is 1. The van der Waals surface area contributed by atoms with E-state index in [2.05, 4.69) is 4.98 Å². The topological polar surface area (TPSA) is 56.0 Å². The number of para-hydroxylation sites is 1. The lowest BCUT2D eigenvalue weighted by Crippen LogP contribution is -2.12. The molecule has 2 N–H and O–H groups in total. The summed E-state index contributed by atoms with van der Waals surface area (Å²) in [5.41, 5.74) is 5.27. The molecule has 0 fully saturated rings. The van der Waals surface area contributed by atoms with Gasteiger partial charge in [-0.25, -0.2) is 9.37 Å². The van der Waals surface area contributed by atoms with Crippen LogP contribution in [0.5, 0.6) is 0 Å². The second-order valence-corrected chi connectivity index (χ2v) is 2.87. The van der Waals surface area contributed by atoms with E-state index in [4.69, 9.17) is 5.73 Å². The van der Waals surface area contributed by atoms with Crippen LogP contribution in [-0.4, -0.2) is 10.9 Å². The minimum absolute atomic E-state index is 0.0719. The van der Waals surface area contributed by atoms with E-state index < -0.39 is 11.7 Å². The Kier molecular flexibility index (Phi) is 1.89. The predicted octanol–water partition coefficient (Wildman–Crippen LogP) is 1.47. The van der Waals surface area contributed by atoms with Gasteiger partial charge in [0.25, 0.3) is 5.91 Å². The number of hydrogen-bond donors (Lipinski definition) is 1. The van der Waals surface area contributed by atoms with E-state index in [0.717, 1.165) is 0 Å². The maximum absolute atomic E-state index is 13.2. The van der Waals surface area contributed by atoms with Crippen LogP contribution in [0.3, 0.4) is 0 Å². The normalized spacial score (nSPS) is 10.4. The van der Waals surface area contributed by atoms with Crippen molar-refractivity contribution >= 4 is 16.8 Å². The number of halogens is 1. The maximum Gasteiger partial charge on any atom is 0.267 e. The number of rotatable bonds is 1. The largest absolute Gasteiger partial charge is 0.364 e. The fourth-order valence-electron chi connectivity index (χ4n) is 1.25. The molecule has 0 saturated heterocycles. The van der Waals surface area contributed by atoms with Crippen LogP contribution in [0.4, 0.5) is 4.39 Å². The van der Waals surface area contributed by atoms with Crippen molar-refractivity contribution in [3.05, 3.63) is 41.8 Å². The molecule has 0 aliphatic heterocycles. The van der Waals surface area contributed by atoms with Crippen LogP contribution in [0, 0.1) is 5.82 Å². The van der Waals surface area contributed by atoms with Crippen molar-refractivity contribution in [1.82, 2.24) is 4.98 Å². The van der Waals surface area contributed by atoms with Gasteiger partial charge in [0, 0.05) is 5.39 Å². The zero-order valence-corrected chi connectivity index (χ0v) is 7.20. The molecule has 0 atom stereocenters. The zero-order chi connectivity index (χ0) is 10.1. The lowest BCUT2D eigenvalue weighted by molar-refractivity contribution is 0.0996. The van der Waals surface area contributed by atoms with Crippen LogP contribution in [0.1, 0.15) is 10.5 Å². The first-order valence-electron chi connectivity index (χ1n) is 4.03. The van der Waals surface area contributed by atoms with Crippen LogP contribution in [0.15, 0.2) is 30.3 Å². The molecule has 0 saturated carbocycles. The summed E-state index contributed by atoms with van der Waals surface area (Å²) >= 11 is 0. The Morgan fingerprint density at radius 3 is 2.79 bits per heavy atom. The molecule has 0 unspecified atom stereocenters. The highest BCUT2D eigenvalue weighted by Gasteiger charge is 2.06. The molecule has 0 aliphatic rings. The van der Waals surface area contributed by atoms with Gasteiger partial charge >= 0.3 is 0 Å².